The lowest BCUT2D eigenvalue weighted by Crippen LogP contribution is -2.20. The van der Waals surface area contributed by atoms with Crippen LogP contribution >= 0.6 is 11.8 Å². The van der Waals surface area contributed by atoms with Crippen LogP contribution in [0.1, 0.15) is 19.4 Å². The number of phenolic OH excluding ortho intramolecular Hbond substituents is 1. The molecule has 11 heteroatoms. The van der Waals surface area contributed by atoms with Crippen molar-refractivity contribution in [3.8, 4) is 34.4 Å². The van der Waals surface area contributed by atoms with Crippen molar-refractivity contribution in [2.75, 3.05) is 26.6 Å². The molecule has 2 N–H and O–H groups in total. The lowest BCUT2D eigenvalue weighted by Gasteiger charge is -2.10. The van der Waals surface area contributed by atoms with Crippen LogP contribution in [-0.4, -0.2) is 58.6 Å². The number of benzene rings is 2. The minimum absolute atomic E-state index is 0.0320. The second-order valence-electron chi connectivity index (χ2n) is 6.83. The number of para-hydroxylation sites is 1. The van der Waals surface area contributed by atoms with Gasteiger partial charge in [0.2, 0.25) is 0 Å². The van der Waals surface area contributed by atoms with Gasteiger partial charge in [-0.25, -0.2) is 5.43 Å². The second-order valence-corrected chi connectivity index (χ2v) is 7.77. The Bertz CT molecular complexity index is 1160. The predicted molar refractivity (Wildman–Crippen MR) is 130 cm³/mol. The molecule has 0 aliphatic carbocycles. The van der Waals surface area contributed by atoms with Gasteiger partial charge in [0.25, 0.3) is 5.91 Å². The molecule has 0 fully saturated rings. The van der Waals surface area contributed by atoms with Gasteiger partial charge in [0.15, 0.2) is 34.0 Å². The van der Waals surface area contributed by atoms with Gasteiger partial charge in [-0.3, -0.25) is 4.79 Å². The summed E-state index contributed by atoms with van der Waals surface area (Å²) in [4.78, 5) is 12.3. The second kappa shape index (κ2) is 11.9. The van der Waals surface area contributed by atoms with E-state index in [0.717, 1.165) is 5.56 Å². The van der Waals surface area contributed by atoms with E-state index in [4.69, 9.17) is 14.2 Å². The normalized spacial score (nSPS) is 10.9. The quantitative estimate of drug-likeness (QED) is 0.241. The Morgan fingerprint density at radius 3 is 2.65 bits per heavy atom. The average molecular weight is 486 g/mol. The number of methoxy groups -OCH3 is 2. The molecular formula is C23H27N5O5S. The van der Waals surface area contributed by atoms with Gasteiger partial charge in [-0.1, -0.05) is 17.8 Å². The summed E-state index contributed by atoms with van der Waals surface area (Å²) in [6, 6.07) is 10.6. The van der Waals surface area contributed by atoms with Crippen molar-refractivity contribution in [2.45, 2.75) is 25.5 Å². The van der Waals surface area contributed by atoms with Gasteiger partial charge < -0.3 is 23.9 Å². The Hall–Kier alpha value is -3.73. The summed E-state index contributed by atoms with van der Waals surface area (Å²) in [5.41, 5.74) is 3.71. The van der Waals surface area contributed by atoms with E-state index in [1.165, 1.54) is 18.0 Å². The van der Waals surface area contributed by atoms with Crippen molar-refractivity contribution in [3.05, 3.63) is 42.0 Å². The molecule has 3 rings (SSSR count). The number of hydrogen-bond donors (Lipinski definition) is 2. The Labute approximate surface area is 201 Å². The smallest absolute Gasteiger partial charge is 0.250 e. The van der Waals surface area contributed by atoms with Crippen LogP contribution in [0.2, 0.25) is 0 Å². The highest BCUT2D eigenvalue weighted by atomic mass is 32.2. The molecule has 0 spiro atoms. The monoisotopic (exact) mass is 485 g/mol. The van der Waals surface area contributed by atoms with E-state index in [0.29, 0.717) is 46.9 Å². The number of aromatic nitrogens is 3. The van der Waals surface area contributed by atoms with Crippen molar-refractivity contribution in [3.63, 3.8) is 0 Å². The van der Waals surface area contributed by atoms with Crippen LogP contribution in [-0.2, 0) is 11.3 Å². The van der Waals surface area contributed by atoms with Crippen LogP contribution < -0.4 is 19.6 Å². The third-order valence-electron chi connectivity index (χ3n) is 4.73. The molecule has 2 aromatic carbocycles. The summed E-state index contributed by atoms with van der Waals surface area (Å²) in [7, 11) is 3.15. The summed E-state index contributed by atoms with van der Waals surface area (Å²) in [6.07, 6.45) is 1.37. The van der Waals surface area contributed by atoms with E-state index in [1.54, 1.807) is 32.4 Å². The summed E-state index contributed by atoms with van der Waals surface area (Å²) in [5.74, 6) is 1.97. The molecule has 0 aliphatic heterocycles. The number of amides is 1. The van der Waals surface area contributed by atoms with Gasteiger partial charge in [-0.05, 0) is 44.2 Å². The number of nitrogens with one attached hydrogen (secondary N) is 1. The van der Waals surface area contributed by atoms with Crippen LogP contribution in [0.4, 0.5) is 0 Å². The van der Waals surface area contributed by atoms with E-state index >= 15 is 0 Å². The molecule has 1 aromatic heterocycles. The molecule has 34 heavy (non-hydrogen) atoms. The number of carbonyl (C=O) groups excluding carboxylic acids is 1. The fraction of sp³-hybridized carbons (Fsp3) is 0.304. The molecule has 0 saturated carbocycles. The zero-order chi connectivity index (χ0) is 24.5. The largest absolute Gasteiger partial charge is 0.504 e. The minimum atomic E-state index is -0.319. The number of rotatable bonds is 11. The Morgan fingerprint density at radius 1 is 1.15 bits per heavy atom. The number of ether oxygens (including phenoxy) is 3. The molecule has 1 heterocycles. The highest BCUT2D eigenvalue weighted by Crippen LogP contribution is 2.33. The van der Waals surface area contributed by atoms with Crippen molar-refractivity contribution >= 4 is 23.9 Å². The Kier molecular flexibility index (Phi) is 8.74. The van der Waals surface area contributed by atoms with E-state index in [9.17, 15) is 9.90 Å². The van der Waals surface area contributed by atoms with Gasteiger partial charge >= 0.3 is 0 Å². The lowest BCUT2D eigenvalue weighted by molar-refractivity contribution is -0.118. The highest BCUT2D eigenvalue weighted by molar-refractivity contribution is 7.99. The molecule has 0 radical (unpaired) electrons. The minimum Gasteiger partial charge on any atom is -0.504 e. The molecule has 10 nitrogen and oxygen atoms in total. The van der Waals surface area contributed by atoms with Gasteiger partial charge in [0.05, 0.1) is 32.8 Å². The van der Waals surface area contributed by atoms with Crippen molar-refractivity contribution in [1.82, 2.24) is 20.2 Å². The van der Waals surface area contributed by atoms with E-state index in [1.807, 2.05) is 36.6 Å². The van der Waals surface area contributed by atoms with Gasteiger partial charge in [-0.15, -0.1) is 10.2 Å². The molecule has 0 atom stereocenters. The summed E-state index contributed by atoms with van der Waals surface area (Å²) in [5, 5.41) is 23.3. The van der Waals surface area contributed by atoms with Gasteiger partial charge in [0.1, 0.15) is 0 Å². The number of nitrogens with zero attached hydrogens (tertiary/aromatic N) is 4. The highest BCUT2D eigenvalue weighted by Gasteiger charge is 2.16. The number of carbonyl (C=O) groups is 1. The van der Waals surface area contributed by atoms with Crippen LogP contribution in [0.25, 0.3) is 11.4 Å². The van der Waals surface area contributed by atoms with Gasteiger partial charge in [0, 0.05) is 17.7 Å². The number of phenols is 1. The summed E-state index contributed by atoms with van der Waals surface area (Å²) in [6.45, 7) is 4.85. The molecular weight excluding hydrogens is 458 g/mol. The number of hydrogen-bond acceptors (Lipinski definition) is 9. The summed E-state index contributed by atoms with van der Waals surface area (Å²) < 4.78 is 17.9. The molecule has 0 aliphatic rings. The van der Waals surface area contributed by atoms with E-state index in [2.05, 4.69) is 20.7 Å². The topological polar surface area (TPSA) is 120 Å². The van der Waals surface area contributed by atoms with Crippen LogP contribution in [0.5, 0.6) is 23.0 Å². The third-order valence-corrected chi connectivity index (χ3v) is 5.70. The van der Waals surface area contributed by atoms with Crippen LogP contribution in [0.3, 0.4) is 0 Å². The average Bonchev–Trinajstić information content (AvgIpc) is 3.27. The lowest BCUT2D eigenvalue weighted by atomic mass is 10.2. The van der Waals surface area contributed by atoms with Crippen LogP contribution in [0, 0.1) is 0 Å². The first-order valence-corrected chi connectivity index (χ1v) is 11.6. The van der Waals surface area contributed by atoms with Crippen molar-refractivity contribution in [1.29, 1.82) is 0 Å². The summed E-state index contributed by atoms with van der Waals surface area (Å²) >= 11 is 1.25. The molecule has 0 saturated heterocycles. The number of thioether (sulfide) groups is 1. The predicted octanol–water partition coefficient (Wildman–Crippen LogP) is 3.33. The fourth-order valence-corrected chi connectivity index (χ4v) is 3.92. The number of aromatic hydroxyl groups is 1. The first kappa shape index (κ1) is 24.9. The molecule has 3 aromatic rings. The maximum Gasteiger partial charge on any atom is 0.250 e. The Balaban J connectivity index is 1.64. The maximum atomic E-state index is 12.3. The zero-order valence-corrected chi connectivity index (χ0v) is 20.3. The standard InChI is InChI=1S/C23H27N5O5S/c1-5-28-22(15-10-11-17(31-3)19(12-15)32-4)26-27-23(28)34-14-20(29)25-24-13-16-8-7-9-18(21(16)30)33-6-2/h7-13,30H,5-6,14H2,1-4H3,(H,25,29)/b24-13+. The Morgan fingerprint density at radius 2 is 1.94 bits per heavy atom. The molecule has 1 amide bonds. The first-order valence-electron chi connectivity index (χ1n) is 10.6. The number of hydrazone groups is 1. The SMILES string of the molecule is CCOc1cccc(/C=N/NC(=O)CSc2nnc(-c3ccc(OC)c(OC)c3)n2CC)c1O. The zero-order valence-electron chi connectivity index (χ0n) is 19.4. The van der Waals surface area contributed by atoms with Crippen LogP contribution in [0.15, 0.2) is 46.7 Å². The maximum absolute atomic E-state index is 12.3. The van der Waals surface area contributed by atoms with Gasteiger partial charge in [-0.2, -0.15) is 5.10 Å². The van der Waals surface area contributed by atoms with E-state index < -0.39 is 0 Å². The van der Waals surface area contributed by atoms with Crippen molar-refractivity contribution in [2.24, 2.45) is 5.10 Å². The molecule has 0 unspecified atom stereocenters. The van der Waals surface area contributed by atoms with E-state index in [-0.39, 0.29) is 17.4 Å². The first-order chi connectivity index (χ1) is 16.5. The molecule has 180 valence electrons. The van der Waals surface area contributed by atoms with Crippen molar-refractivity contribution < 1.29 is 24.1 Å². The third kappa shape index (κ3) is 5.79. The fourth-order valence-electron chi connectivity index (χ4n) is 3.12. The molecule has 0 bridgehead atoms.